The van der Waals surface area contributed by atoms with Crippen LogP contribution >= 0.6 is 0 Å². The van der Waals surface area contributed by atoms with E-state index in [1.165, 1.54) is 0 Å². The van der Waals surface area contributed by atoms with Gasteiger partial charge < -0.3 is 9.84 Å². The Hall–Kier alpha value is 0.511. The summed E-state index contributed by atoms with van der Waals surface area (Å²) in [5, 5.41) is 8.38. The van der Waals surface area contributed by atoms with Crippen LogP contribution in [0.1, 0.15) is 41.0 Å². The van der Waals surface area contributed by atoms with Gasteiger partial charge in [-0.05, 0) is 13.8 Å². The van der Waals surface area contributed by atoms with Crippen LogP contribution in [0.15, 0.2) is 0 Å². The molecule has 0 saturated heterocycles. The molecule has 0 radical (unpaired) electrons. The van der Waals surface area contributed by atoms with Crippen molar-refractivity contribution in [3.63, 3.8) is 0 Å². The van der Waals surface area contributed by atoms with Crippen LogP contribution in [0.4, 0.5) is 0 Å². The third-order valence-corrected chi connectivity index (χ3v) is 2.47. The summed E-state index contributed by atoms with van der Waals surface area (Å²) in [5.41, 5.74) is -0.888. The first kappa shape index (κ1) is 17.9. The van der Waals surface area contributed by atoms with Gasteiger partial charge in [-0.15, -0.1) is 0 Å². The zero-order valence-electron chi connectivity index (χ0n) is 9.38. The first-order chi connectivity index (χ1) is 6.06. The molecule has 0 aliphatic carbocycles. The van der Waals surface area contributed by atoms with E-state index in [-0.39, 0.29) is 54.3 Å². The molecule has 0 amide bonds. The normalized spacial score (nSPS) is 11.5. The number of ether oxygens (including phenoxy) is 1. The molecule has 0 aromatic rings. The van der Waals surface area contributed by atoms with E-state index < -0.39 is 24.0 Å². The van der Waals surface area contributed by atoms with Crippen molar-refractivity contribution in [1.29, 1.82) is 0 Å². The predicted molar refractivity (Wildman–Crippen MR) is 60.4 cm³/mol. The van der Waals surface area contributed by atoms with Gasteiger partial charge in [0.25, 0.3) is 0 Å². The fourth-order valence-electron chi connectivity index (χ4n) is 0.597. The van der Waals surface area contributed by atoms with Crippen molar-refractivity contribution < 1.29 is 19.4 Å². The summed E-state index contributed by atoms with van der Waals surface area (Å²) < 4.78 is 5.09. The zero-order valence-corrected chi connectivity index (χ0v) is 9.38. The van der Waals surface area contributed by atoms with Gasteiger partial charge in [-0.1, -0.05) is 20.8 Å². The second kappa shape index (κ2) is 6.30. The molecule has 5 heteroatoms. The number of carboxylic acid groups (broad SMARTS) is 1. The molecule has 0 aliphatic heterocycles. The van der Waals surface area contributed by atoms with Crippen molar-refractivity contribution in [3.05, 3.63) is 0 Å². The summed E-state index contributed by atoms with van der Waals surface area (Å²) in [4.78, 5) is 21.4. The monoisotopic (exact) mass is 342 g/mol. The molecule has 0 unspecified atom stereocenters. The average molecular weight is 342 g/mol. The fraction of sp³-hybridized carbons (Fsp3) is 0.800. The Morgan fingerprint density at radius 1 is 1.13 bits per heavy atom. The Morgan fingerprint density at radius 3 is 1.80 bits per heavy atom. The number of aliphatic carboxylic acids is 1. The van der Waals surface area contributed by atoms with E-state index in [0.29, 0.717) is 0 Å². The van der Waals surface area contributed by atoms with E-state index >= 15 is 0 Å². The Kier molecular flexibility index (Phi) is 7.51. The molecule has 4 nitrogen and oxygen atoms in total. The van der Waals surface area contributed by atoms with Crippen molar-refractivity contribution >= 4 is 60.8 Å². The van der Waals surface area contributed by atoms with Crippen LogP contribution in [0.25, 0.3) is 0 Å². The standard InChI is InChI=1S/C10H18O4.Ba.2H/c1-9(2,3)10(4,5)14-8(13)6-7(11)12;;;/h6H2,1-5H3,(H,11,12);;;. The molecule has 0 spiro atoms. The first-order valence-corrected chi connectivity index (χ1v) is 4.50. The van der Waals surface area contributed by atoms with Gasteiger partial charge in [-0.25, -0.2) is 0 Å². The number of carboxylic acids is 1. The van der Waals surface area contributed by atoms with Crippen LogP contribution in [-0.2, 0) is 14.3 Å². The van der Waals surface area contributed by atoms with Gasteiger partial charge in [-0.2, -0.15) is 0 Å². The number of hydrogen-bond acceptors (Lipinski definition) is 3. The number of esters is 1. The van der Waals surface area contributed by atoms with Gasteiger partial charge >= 0.3 is 60.8 Å². The molecular weight excluding hydrogens is 321 g/mol. The van der Waals surface area contributed by atoms with Crippen LogP contribution in [0, 0.1) is 5.41 Å². The van der Waals surface area contributed by atoms with Gasteiger partial charge in [0.1, 0.15) is 12.0 Å². The molecule has 0 saturated carbocycles. The van der Waals surface area contributed by atoms with Crippen LogP contribution in [0.3, 0.4) is 0 Å². The molecule has 0 aromatic carbocycles. The summed E-state index contributed by atoms with van der Waals surface area (Å²) in [6, 6.07) is 0. The third-order valence-electron chi connectivity index (χ3n) is 2.47. The average Bonchev–Trinajstić information content (AvgIpc) is 1.79. The van der Waals surface area contributed by atoms with Crippen molar-refractivity contribution in [3.8, 4) is 0 Å². The van der Waals surface area contributed by atoms with Gasteiger partial charge in [0.15, 0.2) is 0 Å². The Labute approximate surface area is 131 Å². The molecule has 0 fully saturated rings. The molecular formula is C10H20BaO4. The first-order valence-electron chi connectivity index (χ1n) is 4.50. The summed E-state index contributed by atoms with van der Waals surface area (Å²) >= 11 is 0. The predicted octanol–water partition coefficient (Wildman–Crippen LogP) is 0.913. The van der Waals surface area contributed by atoms with E-state index in [9.17, 15) is 9.59 Å². The van der Waals surface area contributed by atoms with Gasteiger partial charge in [0.05, 0.1) is 0 Å². The molecule has 0 atom stereocenters. The quantitative estimate of drug-likeness (QED) is 0.471. The van der Waals surface area contributed by atoms with Crippen LogP contribution in [0.2, 0.25) is 0 Å². The third kappa shape index (κ3) is 6.63. The maximum atomic E-state index is 11.1. The van der Waals surface area contributed by atoms with Gasteiger partial charge in [0, 0.05) is 5.41 Å². The van der Waals surface area contributed by atoms with E-state index in [0.717, 1.165) is 0 Å². The minimum absolute atomic E-state index is 0. The summed E-state index contributed by atoms with van der Waals surface area (Å²) in [6.07, 6.45) is -0.584. The van der Waals surface area contributed by atoms with Gasteiger partial charge in [-0.3, -0.25) is 9.59 Å². The molecule has 0 rings (SSSR count). The van der Waals surface area contributed by atoms with Crippen LogP contribution in [0.5, 0.6) is 0 Å². The van der Waals surface area contributed by atoms with Crippen molar-refractivity contribution in [2.24, 2.45) is 5.41 Å². The molecule has 15 heavy (non-hydrogen) atoms. The van der Waals surface area contributed by atoms with E-state index in [2.05, 4.69) is 0 Å². The second-order valence-corrected chi connectivity index (χ2v) is 4.80. The minimum atomic E-state index is -1.17. The van der Waals surface area contributed by atoms with Crippen LogP contribution < -0.4 is 0 Å². The summed E-state index contributed by atoms with van der Waals surface area (Å²) in [6.45, 7) is 9.34. The molecule has 0 aliphatic rings. The molecule has 0 aromatic heterocycles. The van der Waals surface area contributed by atoms with E-state index in [1.807, 2.05) is 20.8 Å². The zero-order chi connectivity index (χ0) is 11.6. The second-order valence-electron chi connectivity index (χ2n) is 4.80. The maximum absolute atomic E-state index is 11.1. The Balaban J connectivity index is 0. The fourth-order valence-corrected chi connectivity index (χ4v) is 0.597. The van der Waals surface area contributed by atoms with Gasteiger partial charge in [0.2, 0.25) is 0 Å². The summed E-state index contributed by atoms with van der Waals surface area (Å²) in [7, 11) is 0. The number of hydrogen-bond donors (Lipinski definition) is 1. The number of rotatable bonds is 3. The Bertz CT molecular complexity index is 240. The van der Waals surface area contributed by atoms with Crippen LogP contribution in [-0.4, -0.2) is 71.5 Å². The molecule has 0 heterocycles. The molecule has 0 bridgehead atoms. The van der Waals surface area contributed by atoms with Crippen molar-refractivity contribution in [2.75, 3.05) is 0 Å². The topological polar surface area (TPSA) is 63.6 Å². The Morgan fingerprint density at radius 2 is 1.53 bits per heavy atom. The van der Waals surface area contributed by atoms with Crippen molar-refractivity contribution in [1.82, 2.24) is 0 Å². The number of carbonyl (C=O) groups excluding carboxylic acids is 1. The van der Waals surface area contributed by atoms with Crippen molar-refractivity contribution in [2.45, 2.75) is 46.6 Å². The SMILES string of the molecule is CC(C)(C)C(C)(C)OC(=O)CC(=O)O.[BaH2]. The summed E-state index contributed by atoms with van der Waals surface area (Å²) in [5.74, 6) is -1.86. The number of carbonyl (C=O) groups is 2. The molecule has 86 valence electrons. The van der Waals surface area contributed by atoms with E-state index in [1.54, 1.807) is 13.8 Å². The molecule has 1 N–H and O–H groups in total. The van der Waals surface area contributed by atoms with E-state index in [4.69, 9.17) is 9.84 Å².